The van der Waals surface area contributed by atoms with Crippen LogP contribution in [0.1, 0.15) is 32.1 Å². The van der Waals surface area contributed by atoms with Gasteiger partial charge in [-0.05, 0) is 43.9 Å². The summed E-state index contributed by atoms with van der Waals surface area (Å²) in [7, 11) is 0. The minimum absolute atomic E-state index is 0.330. The predicted octanol–water partition coefficient (Wildman–Crippen LogP) is 0.727. The van der Waals surface area contributed by atoms with Gasteiger partial charge < -0.3 is 0 Å². The Labute approximate surface area is 102 Å². The molecular formula is C13H20N4. The number of hydrogen-bond acceptors (Lipinski definition) is 4. The lowest BCUT2D eigenvalue weighted by atomic mass is 9.66. The molecule has 0 aromatic carbocycles. The Morgan fingerprint density at radius 3 is 2.88 bits per heavy atom. The molecule has 0 radical (unpaired) electrons. The largest absolute Gasteiger partial charge is 0.297 e. The number of fused-ring (bicyclic) bond motifs is 2. The monoisotopic (exact) mass is 232 g/mol. The Kier molecular flexibility index (Phi) is 2.23. The second-order valence-corrected chi connectivity index (χ2v) is 6.28. The molecule has 2 saturated heterocycles. The lowest BCUT2D eigenvalue weighted by Crippen LogP contribution is -2.67. The molecule has 3 N–H and O–H groups in total. The van der Waals surface area contributed by atoms with E-state index in [2.05, 4.69) is 22.2 Å². The van der Waals surface area contributed by atoms with Crippen LogP contribution in [0.3, 0.4) is 0 Å². The van der Waals surface area contributed by atoms with Crippen LogP contribution in [0.4, 0.5) is 0 Å². The molecule has 2 aliphatic carbocycles. The summed E-state index contributed by atoms with van der Waals surface area (Å²) in [6.07, 6.45) is 6.64. The quantitative estimate of drug-likeness (QED) is 0.576. The van der Waals surface area contributed by atoms with Gasteiger partial charge in [0.1, 0.15) is 0 Å². The Hall–Kier alpha value is -0.630. The van der Waals surface area contributed by atoms with Crippen LogP contribution in [-0.2, 0) is 0 Å². The fourth-order valence-corrected chi connectivity index (χ4v) is 4.71. The van der Waals surface area contributed by atoms with Gasteiger partial charge in [-0.3, -0.25) is 10.7 Å². The van der Waals surface area contributed by atoms with E-state index in [9.17, 15) is 0 Å². The Balaban J connectivity index is 1.56. The minimum atomic E-state index is 0.330. The van der Waals surface area contributed by atoms with Gasteiger partial charge in [0.05, 0.1) is 12.2 Å². The molecule has 2 saturated carbocycles. The van der Waals surface area contributed by atoms with Gasteiger partial charge in [0.15, 0.2) is 0 Å². The van der Waals surface area contributed by atoms with E-state index in [0.717, 1.165) is 30.6 Å². The van der Waals surface area contributed by atoms with E-state index in [1.807, 2.05) is 0 Å². The van der Waals surface area contributed by atoms with Crippen molar-refractivity contribution < 1.29 is 0 Å². The van der Waals surface area contributed by atoms with Crippen molar-refractivity contribution in [1.82, 2.24) is 16.2 Å². The van der Waals surface area contributed by atoms with Crippen molar-refractivity contribution in [3.8, 4) is 6.07 Å². The standard InChI is InChI=1S/C13H20N4/c14-6-7-1-3-9-8(5-7)2-4-10-11-12(9)15-13(11)17-16-10/h7-13,15-17H,1-5H2. The average Bonchev–Trinajstić information content (AvgIpc) is 2.59. The first-order valence-corrected chi connectivity index (χ1v) is 7.03. The summed E-state index contributed by atoms with van der Waals surface area (Å²) in [5.74, 6) is 2.74. The number of nitrogens with zero attached hydrogens (tertiary/aromatic N) is 1. The number of nitrogens with one attached hydrogen (secondary N) is 3. The van der Waals surface area contributed by atoms with E-state index < -0.39 is 0 Å². The topological polar surface area (TPSA) is 59.9 Å². The lowest BCUT2D eigenvalue weighted by Gasteiger charge is -2.49. The van der Waals surface area contributed by atoms with Gasteiger partial charge in [0.25, 0.3) is 0 Å². The van der Waals surface area contributed by atoms with Crippen LogP contribution in [0.2, 0.25) is 0 Å². The van der Waals surface area contributed by atoms with Crippen LogP contribution in [-0.4, -0.2) is 18.2 Å². The van der Waals surface area contributed by atoms with Crippen molar-refractivity contribution in [2.45, 2.75) is 50.4 Å². The van der Waals surface area contributed by atoms with Crippen LogP contribution in [0.15, 0.2) is 0 Å². The molecule has 4 fully saturated rings. The molecule has 4 aliphatic rings. The average molecular weight is 232 g/mol. The molecule has 4 rings (SSSR count). The van der Waals surface area contributed by atoms with Crippen molar-refractivity contribution in [2.75, 3.05) is 0 Å². The van der Waals surface area contributed by atoms with Crippen molar-refractivity contribution in [2.24, 2.45) is 23.7 Å². The van der Waals surface area contributed by atoms with Crippen molar-refractivity contribution in [3.05, 3.63) is 0 Å². The number of nitriles is 1. The molecule has 0 aromatic heterocycles. The van der Waals surface area contributed by atoms with Gasteiger partial charge >= 0.3 is 0 Å². The highest BCUT2D eigenvalue weighted by Crippen LogP contribution is 2.47. The van der Waals surface area contributed by atoms with Gasteiger partial charge in [-0.25, -0.2) is 5.43 Å². The van der Waals surface area contributed by atoms with E-state index in [1.54, 1.807) is 0 Å². The van der Waals surface area contributed by atoms with Gasteiger partial charge in [-0.1, -0.05) is 0 Å². The Morgan fingerprint density at radius 1 is 1.06 bits per heavy atom. The molecule has 7 unspecified atom stereocenters. The van der Waals surface area contributed by atoms with Crippen LogP contribution in [0.5, 0.6) is 0 Å². The molecule has 2 heterocycles. The summed E-state index contributed by atoms with van der Waals surface area (Å²) in [5, 5.41) is 12.8. The smallest absolute Gasteiger partial charge is 0.0765 e. The molecule has 0 bridgehead atoms. The lowest BCUT2D eigenvalue weighted by molar-refractivity contribution is 0.0544. The van der Waals surface area contributed by atoms with Gasteiger partial charge in [0.2, 0.25) is 0 Å². The first-order valence-electron chi connectivity index (χ1n) is 7.03. The zero-order valence-corrected chi connectivity index (χ0v) is 10.0. The Morgan fingerprint density at radius 2 is 2.00 bits per heavy atom. The van der Waals surface area contributed by atoms with Gasteiger partial charge in [-0.2, -0.15) is 5.26 Å². The summed E-state index contributed by atoms with van der Waals surface area (Å²) in [6.45, 7) is 0. The zero-order chi connectivity index (χ0) is 11.4. The highest BCUT2D eigenvalue weighted by atomic mass is 15.5. The van der Waals surface area contributed by atoms with Crippen LogP contribution in [0.25, 0.3) is 0 Å². The van der Waals surface area contributed by atoms with Crippen LogP contribution in [0, 0.1) is 35.0 Å². The zero-order valence-electron chi connectivity index (χ0n) is 10.0. The molecule has 0 spiro atoms. The maximum atomic E-state index is 9.10. The molecule has 7 atom stereocenters. The van der Waals surface area contributed by atoms with Crippen LogP contribution >= 0.6 is 0 Å². The molecule has 4 heteroatoms. The highest BCUT2D eigenvalue weighted by Gasteiger charge is 2.55. The second kappa shape index (κ2) is 3.68. The molecule has 2 aliphatic heterocycles. The van der Waals surface area contributed by atoms with E-state index in [4.69, 9.17) is 5.26 Å². The van der Waals surface area contributed by atoms with Crippen molar-refractivity contribution >= 4 is 0 Å². The maximum absolute atomic E-state index is 9.10. The first-order chi connectivity index (χ1) is 8.36. The highest BCUT2D eigenvalue weighted by molar-refractivity contribution is 5.11. The van der Waals surface area contributed by atoms with Crippen molar-refractivity contribution in [1.29, 1.82) is 5.26 Å². The summed E-state index contributed by atoms with van der Waals surface area (Å²) >= 11 is 0. The maximum Gasteiger partial charge on any atom is 0.0765 e. The van der Waals surface area contributed by atoms with E-state index in [1.165, 1.54) is 19.3 Å². The summed E-state index contributed by atoms with van der Waals surface area (Å²) in [4.78, 5) is 0. The third-order valence-corrected chi connectivity index (χ3v) is 5.59. The predicted molar refractivity (Wildman–Crippen MR) is 63.4 cm³/mol. The number of hydrazine groups is 1. The van der Waals surface area contributed by atoms with Gasteiger partial charge in [0, 0.05) is 23.9 Å². The molecule has 17 heavy (non-hydrogen) atoms. The fraction of sp³-hybridized carbons (Fsp3) is 0.923. The first kappa shape index (κ1) is 10.3. The van der Waals surface area contributed by atoms with Crippen molar-refractivity contribution in [3.63, 3.8) is 0 Å². The Bertz CT molecular complexity index is 363. The third-order valence-electron chi connectivity index (χ3n) is 5.59. The molecular weight excluding hydrogens is 212 g/mol. The van der Waals surface area contributed by atoms with Crippen LogP contribution < -0.4 is 16.2 Å². The van der Waals surface area contributed by atoms with E-state index in [0.29, 0.717) is 24.2 Å². The SMILES string of the molecule is N#CC1CCC2C(CCC3NNC4NC2C34)C1. The second-order valence-electron chi connectivity index (χ2n) is 6.28. The van der Waals surface area contributed by atoms with E-state index >= 15 is 0 Å². The minimum Gasteiger partial charge on any atom is -0.297 e. The summed E-state index contributed by atoms with van der Waals surface area (Å²) < 4.78 is 0. The normalized spacial score (nSPS) is 56.1. The molecule has 0 aromatic rings. The summed E-state index contributed by atoms with van der Waals surface area (Å²) in [5.41, 5.74) is 6.80. The van der Waals surface area contributed by atoms with E-state index in [-0.39, 0.29) is 0 Å². The molecule has 0 amide bonds. The summed E-state index contributed by atoms with van der Waals surface area (Å²) in [6, 6.07) is 3.86. The molecule has 4 nitrogen and oxygen atoms in total. The fourth-order valence-electron chi connectivity index (χ4n) is 4.71. The van der Waals surface area contributed by atoms with Gasteiger partial charge in [-0.15, -0.1) is 0 Å². The number of rotatable bonds is 0. The third kappa shape index (κ3) is 1.40. The number of hydrogen-bond donors (Lipinski definition) is 3. The molecule has 92 valence electrons.